The molecule has 0 radical (unpaired) electrons. The zero-order chi connectivity index (χ0) is 21.1. The molecule has 0 aliphatic heterocycles. The fourth-order valence-electron chi connectivity index (χ4n) is 4.08. The van der Waals surface area contributed by atoms with Gasteiger partial charge in [0.15, 0.2) is 0 Å². The Balaban J connectivity index is 2.56. The minimum atomic E-state index is -0.0422. The summed E-state index contributed by atoms with van der Waals surface area (Å²) in [4.78, 5) is 2.28. The molecular formula is C25H40NOP. The number of rotatable bonds is 7. The Morgan fingerprint density at radius 3 is 2.39 bits per heavy atom. The fraction of sp³-hybridized carbons (Fsp3) is 0.600. The number of phenols is 1. The average Bonchev–Trinajstić information content (AvgIpc) is 2.57. The van der Waals surface area contributed by atoms with E-state index in [-0.39, 0.29) is 10.6 Å². The van der Waals surface area contributed by atoms with Crippen molar-refractivity contribution < 1.29 is 5.11 Å². The Bertz CT molecular complexity index is 755. The van der Waals surface area contributed by atoms with Gasteiger partial charge in [-0.2, -0.15) is 0 Å². The number of aryl methyl sites for hydroxylation is 1. The summed E-state index contributed by atoms with van der Waals surface area (Å²) in [6.07, 6.45) is 9.18. The van der Waals surface area contributed by atoms with Crippen molar-refractivity contribution in [3.05, 3.63) is 51.9 Å². The van der Waals surface area contributed by atoms with Crippen LogP contribution in [0.2, 0.25) is 0 Å². The van der Waals surface area contributed by atoms with Crippen molar-refractivity contribution in [1.29, 1.82) is 0 Å². The van der Waals surface area contributed by atoms with Crippen LogP contribution in [0.25, 0.3) is 0 Å². The Hall–Kier alpha value is -1.11. The van der Waals surface area contributed by atoms with Gasteiger partial charge in [-0.1, -0.05) is 73.9 Å². The van der Waals surface area contributed by atoms with Gasteiger partial charge in [-0.05, 0) is 67.7 Å². The summed E-state index contributed by atoms with van der Waals surface area (Å²) in [6.45, 7) is 14.4. The van der Waals surface area contributed by atoms with Crippen molar-refractivity contribution in [3.8, 4) is 5.75 Å². The second kappa shape index (κ2) is 9.14. The molecule has 0 bridgehead atoms. The molecule has 1 aliphatic carbocycles. The molecule has 0 saturated heterocycles. The van der Waals surface area contributed by atoms with Crippen molar-refractivity contribution >= 4 is 8.58 Å². The normalized spacial score (nSPS) is 17.8. The van der Waals surface area contributed by atoms with E-state index in [1.807, 2.05) is 6.92 Å². The van der Waals surface area contributed by atoms with Gasteiger partial charge in [0.25, 0.3) is 0 Å². The first-order valence-electron chi connectivity index (χ1n) is 10.6. The number of aromatic hydroxyl groups is 1. The van der Waals surface area contributed by atoms with Gasteiger partial charge >= 0.3 is 0 Å². The zero-order valence-electron chi connectivity index (χ0n) is 19.2. The summed E-state index contributed by atoms with van der Waals surface area (Å²) in [5, 5.41) is 12.5. The summed E-state index contributed by atoms with van der Waals surface area (Å²) < 4.78 is 0. The van der Waals surface area contributed by atoms with Crippen LogP contribution in [0.4, 0.5) is 0 Å². The second-order valence-electron chi connectivity index (χ2n) is 9.84. The minimum absolute atomic E-state index is 0.0422. The maximum Gasteiger partial charge on any atom is 0.122 e. The number of hydrogen-bond acceptors (Lipinski definition) is 2. The second-order valence-corrected chi connectivity index (χ2v) is 11.7. The van der Waals surface area contributed by atoms with Gasteiger partial charge in [-0.3, -0.25) is 0 Å². The fourth-order valence-corrected chi connectivity index (χ4v) is 5.96. The van der Waals surface area contributed by atoms with E-state index in [1.54, 1.807) is 5.57 Å². The van der Waals surface area contributed by atoms with Crippen molar-refractivity contribution in [2.75, 3.05) is 20.6 Å². The largest absolute Gasteiger partial charge is 0.507 e. The van der Waals surface area contributed by atoms with Gasteiger partial charge in [0.05, 0.1) is 0 Å². The van der Waals surface area contributed by atoms with E-state index in [1.165, 1.54) is 10.9 Å². The van der Waals surface area contributed by atoms with E-state index in [2.05, 4.69) is 77.9 Å². The highest BCUT2D eigenvalue weighted by molar-refractivity contribution is 7.44. The molecule has 0 fully saturated rings. The molecule has 1 aromatic rings. The first-order chi connectivity index (χ1) is 13.0. The van der Waals surface area contributed by atoms with Crippen LogP contribution in [-0.4, -0.2) is 30.6 Å². The first kappa shape index (κ1) is 23.2. The predicted molar refractivity (Wildman–Crippen MR) is 126 cm³/mol. The third kappa shape index (κ3) is 5.49. The van der Waals surface area contributed by atoms with Crippen LogP contribution in [0, 0.1) is 6.92 Å². The molecule has 1 aromatic carbocycles. The van der Waals surface area contributed by atoms with Gasteiger partial charge in [0, 0.05) is 17.3 Å². The van der Waals surface area contributed by atoms with Gasteiger partial charge in [-0.25, -0.2) is 0 Å². The van der Waals surface area contributed by atoms with Crippen LogP contribution in [0.3, 0.4) is 0 Å². The highest BCUT2D eigenvalue weighted by Gasteiger charge is 2.32. The average molecular weight is 402 g/mol. The molecule has 0 heterocycles. The smallest absolute Gasteiger partial charge is 0.122 e. The van der Waals surface area contributed by atoms with Crippen molar-refractivity contribution in [2.45, 2.75) is 77.8 Å². The molecule has 156 valence electrons. The lowest BCUT2D eigenvalue weighted by Crippen LogP contribution is -2.21. The molecule has 0 spiro atoms. The summed E-state index contributed by atoms with van der Waals surface area (Å²) >= 11 is 0. The topological polar surface area (TPSA) is 23.5 Å². The number of allylic oxidation sites excluding steroid dienone is 3. The van der Waals surface area contributed by atoms with E-state index in [0.717, 1.165) is 43.4 Å². The molecule has 0 aromatic heterocycles. The van der Waals surface area contributed by atoms with E-state index >= 15 is 0 Å². The van der Waals surface area contributed by atoms with Crippen molar-refractivity contribution in [2.24, 2.45) is 0 Å². The van der Waals surface area contributed by atoms with Crippen LogP contribution in [-0.2, 0) is 10.6 Å². The zero-order valence-corrected chi connectivity index (χ0v) is 20.2. The first-order valence-corrected chi connectivity index (χ1v) is 11.6. The lowest BCUT2D eigenvalue weighted by molar-refractivity contribution is 0.438. The molecule has 2 rings (SSSR count). The molecule has 0 saturated carbocycles. The molecule has 2 unspecified atom stereocenters. The molecule has 3 heteroatoms. The van der Waals surface area contributed by atoms with Crippen molar-refractivity contribution in [1.82, 2.24) is 4.90 Å². The highest BCUT2D eigenvalue weighted by Crippen LogP contribution is 2.55. The Morgan fingerprint density at radius 1 is 1.14 bits per heavy atom. The van der Waals surface area contributed by atoms with Crippen LogP contribution in [0.1, 0.15) is 77.0 Å². The summed E-state index contributed by atoms with van der Waals surface area (Å²) in [6, 6.07) is 4.44. The number of hydrogen-bond donors (Lipinski definition) is 1. The number of phenolic OH excluding ortho intramolecular Hbond substituents is 1. The quantitative estimate of drug-likeness (QED) is 0.505. The van der Waals surface area contributed by atoms with E-state index in [0.29, 0.717) is 14.3 Å². The maximum absolute atomic E-state index is 11.1. The van der Waals surface area contributed by atoms with Crippen LogP contribution >= 0.6 is 8.58 Å². The molecule has 1 aliphatic rings. The van der Waals surface area contributed by atoms with Gasteiger partial charge < -0.3 is 10.0 Å². The third-order valence-electron chi connectivity index (χ3n) is 5.71. The molecule has 0 amide bonds. The maximum atomic E-state index is 11.1. The van der Waals surface area contributed by atoms with Gasteiger partial charge in [-0.15, -0.1) is 0 Å². The SMILES string of the molecule is CCCC(C)(PC1=C(CN(C)C)CCC=C1)c1cc(C(C)(C)C)cc(C)c1O. The lowest BCUT2D eigenvalue weighted by atomic mass is 9.82. The van der Waals surface area contributed by atoms with Crippen molar-refractivity contribution in [3.63, 3.8) is 0 Å². The van der Waals surface area contributed by atoms with E-state index in [4.69, 9.17) is 0 Å². The molecule has 2 nitrogen and oxygen atoms in total. The minimum Gasteiger partial charge on any atom is -0.507 e. The number of nitrogens with zero attached hydrogens (tertiary/aromatic N) is 1. The number of benzene rings is 1. The summed E-state index contributed by atoms with van der Waals surface area (Å²) in [7, 11) is 4.97. The molecule has 28 heavy (non-hydrogen) atoms. The van der Waals surface area contributed by atoms with Gasteiger partial charge in [0.2, 0.25) is 0 Å². The molecular weight excluding hydrogens is 361 g/mol. The third-order valence-corrected chi connectivity index (χ3v) is 7.57. The van der Waals surface area contributed by atoms with Crippen LogP contribution < -0.4 is 0 Å². The monoisotopic (exact) mass is 401 g/mol. The predicted octanol–water partition coefficient (Wildman–Crippen LogP) is 6.86. The van der Waals surface area contributed by atoms with Crippen LogP contribution in [0.5, 0.6) is 5.75 Å². The Labute approximate surface area is 174 Å². The van der Waals surface area contributed by atoms with Crippen LogP contribution in [0.15, 0.2) is 35.2 Å². The Morgan fingerprint density at radius 2 is 1.82 bits per heavy atom. The summed E-state index contributed by atoms with van der Waals surface area (Å²) in [5.74, 6) is 0.492. The molecule has 2 atom stereocenters. The summed E-state index contributed by atoms with van der Waals surface area (Å²) in [5.41, 5.74) is 5.08. The van der Waals surface area contributed by atoms with E-state index in [9.17, 15) is 5.11 Å². The lowest BCUT2D eigenvalue weighted by Gasteiger charge is -2.35. The Kier molecular flexibility index (Phi) is 7.56. The number of likely N-dealkylation sites (N-methyl/N-ethyl adjacent to an activating group) is 1. The highest BCUT2D eigenvalue weighted by atomic mass is 31.1. The van der Waals surface area contributed by atoms with Gasteiger partial charge in [0.1, 0.15) is 5.75 Å². The van der Waals surface area contributed by atoms with E-state index < -0.39 is 0 Å². The standard InChI is InChI=1S/C25H40NOP/c1-9-14-25(6,28-22-13-11-10-12-19(22)17-26(7)8)21-16-20(24(3,4)5)15-18(2)23(21)27/h11,13,15-16,27-28H,9-10,12,14,17H2,1-8H3. The molecule has 1 N–H and O–H groups in total.